The van der Waals surface area contributed by atoms with Crippen LogP contribution in [0.3, 0.4) is 0 Å². The Balaban J connectivity index is 1.58. The summed E-state index contributed by atoms with van der Waals surface area (Å²) in [4.78, 5) is 12.6. The van der Waals surface area contributed by atoms with Crippen molar-refractivity contribution in [2.24, 2.45) is 0 Å². The summed E-state index contributed by atoms with van der Waals surface area (Å²) >= 11 is 6.25. The van der Waals surface area contributed by atoms with Crippen LogP contribution in [0.2, 0.25) is 5.02 Å². The number of sulfonamides is 1. The number of carboxylic acid groups (broad SMARTS) is 1. The maximum Gasteiger partial charge on any atom is 0.416 e. The highest BCUT2D eigenvalue weighted by atomic mass is 35.5. The van der Waals surface area contributed by atoms with Crippen LogP contribution < -0.4 is 9.21 Å². The predicted molar refractivity (Wildman–Crippen MR) is 164 cm³/mol. The van der Waals surface area contributed by atoms with Gasteiger partial charge in [0, 0.05) is 12.1 Å². The van der Waals surface area contributed by atoms with Gasteiger partial charge in [0.25, 0.3) is 10.0 Å². The van der Waals surface area contributed by atoms with Crippen molar-refractivity contribution in [3.63, 3.8) is 0 Å². The molecule has 2 heterocycles. The van der Waals surface area contributed by atoms with Gasteiger partial charge in [0.1, 0.15) is 5.82 Å². The summed E-state index contributed by atoms with van der Waals surface area (Å²) in [5, 5.41) is 9.24. The van der Waals surface area contributed by atoms with Crippen molar-refractivity contribution >= 4 is 50.6 Å². The van der Waals surface area contributed by atoms with Crippen LogP contribution in [0.5, 0.6) is 0 Å². The lowest BCUT2D eigenvalue weighted by Gasteiger charge is -2.51. The van der Waals surface area contributed by atoms with Gasteiger partial charge in [-0.3, -0.25) is 9.10 Å². The molecule has 1 fully saturated rings. The number of anilines is 2. The Labute approximate surface area is 263 Å². The molecule has 3 aromatic rings. The Hall–Kier alpha value is -3.61. The zero-order valence-corrected chi connectivity index (χ0v) is 26.0. The Kier molecular flexibility index (Phi) is 8.96. The lowest BCUT2D eigenvalue weighted by atomic mass is 9.86. The molecule has 2 aliphatic rings. The van der Waals surface area contributed by atoms with Gasteiger partial charge in [-0.15, -0.1) is 0 Å². The second-order valence-corrected chi connectivity index (χ2v) is 13.7. The minimum atomic E-state index is -4.75. The average molecular weight is 667 g/mol. The molecule has 2 aliphatic heterocycles. The van der Waals surface area contributed by atoms with Crippen molar-refractivity contribution in [3.8, 4) is 0 Å². The molecule has 13 heteroatoms. The van der Waals surface area contributed by atoms with Gasteiger partial charge in [-0.05, 0) is 80.3 Å². The summed E-state index contributed by atoms with van der Waals surface area (Å²) in [6, 6.07) is 12.6. The summed E-state index contributed by atoms with van der Waals surface area (Å²) in [6.45, 7) is 3.89. The molecule has 0 bridgehead atoms. The normalized spacial score (nSPS) is 20.5. The van der Waals surface area contributed by atoms with E-state index in [4.69, 9.17) is 21.4 Å². The number of hydrogen-bond acceptors (Lipinski definition) is 5. The molecule has 1 N–H and O–H groups in total. The number of benzene rings is 3. The number of aliphatic carboxylic acids is 1. The van der Waals surface area contributed by atoms with Crippen molar-refractivity contribution in [1.29, 1.82) is 0 Å². The fourth-order valence-corrected chi connectivity index (χ4v) is 7.86. The van der Waals surface area contributed by atoms with Crippen LogP contribution in [0.25, 0.3) is 11.6 Å². The fraction of sp³-hybridized carbons (Fsp3) is 0.344. The second kappa shape index (κ2) is 12.3. The van der Waals surface area contributed by atoms with E-state index in [9.17, 15) is 30.8 Å². The van der Waals surface area contributed by atoms with E-state index in [0.29, 0.717) is 42.3 Å². The quantitative estimate of drug-likeness (QED) is 0.198. The largest absolute Gasteiger partial charge is 0.481 e. The molecule has 1 saturated heterocycles. The minimum absolute atomic E-state index is 0.0114. The smallest absolute Gasteiger partial charge is 0.416 e. The first-order chi connectivity index (χ1) is 21.1. The van der Waals surface area contributed by atoms with Crippen molar-refractivity contribution < 1.29 is 40.6 Å². The molecule has 0 aliphatic carbocycles. The van der Waals surface area contributed by atoms with E-state index < -0.39 is 50.1 Å². The van der Waals surface area contributed by atoms with Crippen LogP contribution >= 0.6 is 11.6 Å². The van der Waals surface area contributed by atoms with Crippen molar-refractivity contribution in [3.05, 3.63) is 88.2 Å². The monoisotopic (exact) mass is 666 g/mol. The molecule has 2 atom stereocenters. The van der Waals surface area contributed by atoms with E-state index in [1.165, 1.54) is 12.1 Å². The Morgan fingerprint density at radius 3 is 2.56 bits per heavy atom. The number of nitrogens with zero attached hydrogens (tertiary/aromatic N) is 2. The number of alkyl halides is 3. The predicted octanol–water partition coefficient (Wildman–Crippen LogP) is 7.49. The fourth-order valence-electron chi connectivity index (χ4n) is 5.99. The maximum absolute atomic E-state index is 14.6. The summed E-state index contributed by atoms with van der Waals surface area (Å²) in [5.41, 5.74) is 0.224. The Bertz CT molecular complexity index is 1740. The van der Waals surface area contributed by atoms with Crippen LogP contribution in [0.15, 0.2) is 65.6 Å². The molecule has 0 aromatic heterocycles. The van der Waals surface area contributed by atoms with Gasteiger partial charge in [-0.2, -0.15) is 13.2 Å². The van der Waals surface area contributed by atoms with E-state index >= 15 is 0 Å². The van der Waals surface area contributed by atoms with Gasteiger partial charge in [0.15, 0.2) is 0 Å². The number of allylic oxidation sites excluding steroid dienone is 1. The topological polar surface area (TPSA) is 87.1 Å². The van der Waals surface area contributed by atoms with E-state index in [1.54, 1.807) is 37.3 Å². The summed E-state index contributed by atoms with van der Waals surface area (Å²) in [5.74, 6) is -1.52. The van der Waals surface area contributed by atoms with Crippen LogP contribution in [0.1, 0.15) is 49.8 Å². The first kappa shape index (κ1) is 32.8. The van der Waals surface area contributed by atoms with Gasteiger partial charge in [0.2, 0.25) is 0 Å². The molecule has 0 radical (unpaired) electrons. The van der Waals surface area contributed by atoms with Crippen LogP contribution in [-0.4, -0.2) is 50.8 Å². The standard InChI is InChI=1S/C32H31ClF4N2O5S/c1-20(30-25(33)7-4-8-26(30)34)15-21-9-10-27-28(16-21)39(45(42,43)24-6-3-5-22(17-24)32(35,36)37)19-23-18-31(2,12-13-38(23)27)44-14-11-29(40)41/h3-10,15-17,23H,11-14,18-19H2,1-2H3,(H,40,41)/b20-15+/t23-,31+/m0/s1. The first-order valence-corrected chi connectivity index (χ1v) is 16.0. The highest BCUT2D eigenvalue weighted by Gasteiger charge is 2.44. The number of ether oxygens (including phenoxy) is 1. The molecule has 0 unspecified atom stereocenters. The van der Waals surface area contributed by atoms with Crippen LogP contribution in [-0.2, 0) is 25.7 Å². The highest BCUT2D eigenvalue weighted by Crippen LogP contribution is 2.45. The van der Waals surface area contributed by atoms with Gasteiger partial charge < -0.3 is 14.7 Å². The summed E-state index contributed by atoms with van der Waals surface area (Å²) in [6.07, 6.45) is -2.38. The molecule has 3 aromatic carbocycles. The zero-order chi connectivity index (χ0) is 32.7. The number of carboxylic acids is 1. The lowest BCUT2D eigenvalue weighted by molar-refractivity contribution is -0.140. The van der Waals surface area contributed by atoms with E-state index in [0.717, 1.165) is 22.5 Å². The number of halogens is 5. The molecule has 0 saturated carbocycles. The highest BCUT2D eigenvalue weighted by molar-refractivity contribution is 7.92. The average Bonchev–Trinajstić information content (AvgIpc) is 2.95. The van der Waals surface area contributed by atoms with E-state index in [1.807, 2.05) is 11.8 Å². The Morgan fingerprint density at radius 2 is 1.87 bits per heavy atom. The Morgan fingerprint density at radius 1 is 1.13 bits per heavy atom. The number of piperidine rings is 1. The molecule has 5 rings (SSSR count). The number of fused-ring (bicyclic) bond motifs is 3. The first-order valence-electron chi connectivity index (χ1n) is 14.2. The summed E-state index contributed by atoms with van der Waals surface area (Å²) in [7, 11) is -4.50. The molecule has 45 heavy (non-hydrogen) atoms. The maximum atomic E-state index is 14.6. The van der Waals surface area contributed by atoms with Crippen molar-refractivity contribution in [2.45, 2.75) is 55.8 Å². The SMILES string of the molecule is C/C(=C\c1ccc2c(c1)N(S(=O)(=O)c1cccc(C(F)(F)F)c1)C[C@@H]1C[C@](C)(OCCC(=O)O)CCN21)c1c(F)cccc1Cl. The molecule has 240 valence electrons. The third-order valence-corrected chi connectivity index (χ3v) is 10.3. The number of carbonyl (C=O) groups is 1. The second-order valence-electron chi connectivity index (χ2n) is 11.5. The van der Waals surface area contributed by atoms with Gasteiger partial charge in [0.05, 0.1) is 58.1 Å². The molecular weight excluding hydrogens is 636 g/mol. The number of rotatable bonds is 8. The van der Waals surface area contributed by atoms with Crippen molar-refractivity contribution in [1.82, 2.24) is 0 Å². The lowest BCUT2D eigenvalue weighted by Crippen LogP contribution is -2.58. The van der Waals surface area contributed by atoms with E-state index in [-0.39, 0.29) is 35.8 Å². The van der Waals surface area contributed by atoms with Gasteiger partial charge in [-0.25, -0.2) is 12.8 Å². The van der Waals surface area contributed by atoms with E-state index in [2.05, 4.69) is 0 Å². The van der Waals surface area contributed by atoms with Gasteiger partial charge >= 0.3 is 12.1 Å². The zero-order valence-electron chi connectivity index (χ0n) is 24.4. The van der Waals surface area contributed by atoms with Crippen molar-refractivity contribution in [2.75, 3.05) is 28.9 Å². The van der Waals surface area contributed by atoms with Crippen LogP contribution in [0, 0.1) is 5.82 Å². The molecule has 0 spiro atoms. The molecule has 0 amide bonds. The molecule has 7 nitrogen and oxygen atoms in total. The third kappa shape index (κ3) is 6.83. The number of hydrogen-bond donors (Lipinski definition) is 1. The molecular formula is C32H31ClF4N2O5S. The van der Waals surface area contributed by atoms with Crippen LogP contribution in [0.4, 0.5) is 28.9 Å². The third-order valence-electron chi connectivity index (χ3n) is 8.20. The van der Waals surface area contributed by atoms with Gasteiger partial charge in [-0.1, -0.05) is 35.9 Å². The summed E-state index contributed by atoms with van der Waals surface area (Å²) < 4.78 is 90.6. The minimum Gasteiger partial charge on any atom is -0.481 e.